The van der Waals surface area contributed by atoms with Crippen molar-refractivity contribution in [2.45, 2.75) is 44.4 Å². The van der Waals surface area contributed by atoms with Crippen LogP contribution < -0.4 is 5.32 Å². The van der Waals surface area contributed by atoms with E-state index in [0.717, 1.165) is 28.4 Å². The third-order valence-electron chi connectivity index (χ3n) is 3.11. The van der Waals surface area contributed by atoms with Crippen LogP contribution in [0.4, 0.5) is 0 Å². The zero-order valence-corrected chi connectivity index (χ0v) is 13.1. The van der Waals surface area contributed by atoms with E-state index in [-0.39, 0.29) is 12.6 Å². The van der Waals surface area contributed by atoms with E-state index in [1.54, 1.807) is 11.8 Å². The summed E-state index contributed by atoms with van der Waals surface area (Å²) in [6, 6.07) is 6.79. The van der Waals surface area contributed by atoms with Crippen LogP contribution >= 0.6 is 11.8 Å². The van der Waals surface area contributed by atoms with Gasteiger partial charge in [-0.3, -0.25) is 0 Å². The Labute approximate surface area is 124 Å². The van der Waals surface area contributed by atoms with Crippen LogP contribution in [0.2, 0.25) is 0 Å². The van der Waals surface area contributed by atoms with E-state index in [2.05, 4.69) is 48.2 Å². The monoisotopic (exact) mass is 293 g/mol. The number of hydrogen-bond donors (Lipinski definition) is 3. The summed E-state index contributed by atoms with van der Waals surface area (Å²) in [5.74, 6) is 0.934. The SMILES string of the molecule is Cc1ccc2nc(SCCC(CO)NC(C)C)[nH]c2c1. The Balaban J connectivity index is 1.89. The molecule has 2 rings (SSSR count). The Morgan fingerprint density at radius 1 is 1.40 bits per heavy atom. The lowest BCUT2D eigenvalue weighted by molar-refractivity contribution is 0.232. The molecule has 0 saturated heterocycles. The topological polar surface area (TPSA) is 60.9 Å². The highest BCUT2D eigenvalue weighted by Crippen LogP contribution is 2.21. The quantitative estimate of drug-likeness (QED) is 0.687. The van der Waals surface area contributed by atoms with Gasteiger partial charge in [-0.15, -0.1) is 0 Å². The first kappa shape index (κ1) is 15.4. The molecule has 0 amide bonds. The van der Waals surface area contributed by atoms with Gasteiger partial charge in [0, 0.05) is 17.8 Å². The fourth-order valence-corrected chi connectivity index (χ4v) is 3.11. The molecule has 1 heterocycles. The van der Waals surface area contributed by atoms with Crippen molar-refractivity contribution >= 4 is 22.8 Å². The first-order chi connectivity index (χ1) is 9.58. The number of nitrogens with one attached hydrogen (secondary N) is 2. The van der Waals surface area contributed by atoms with Crippen molar-refractivity contribution in [3.8, 4) is 0 Å². The van der Waals surface area contributed by atoms with Crippen LogP contribution in [0, 0.1) is 6.92 Å². The molecule has 1 atom stereocenters. The fraction of sp³-hybridized carbons (Fsp3) is 0.533. The Hall–Kier alpha value is -1.04. The Morgan fingerprint density at radius 2 is 2.20 bits per heavy atom. The second kappa shape index (κ2) is 7.11. The third kappa shape index (κ3) is 4.23. The number of aromatic amines is 1. The molecule has 4 nitrogen and oxygen atoms in total. The van der Waals surface area contributed by atoms with E-state index in [0.29, 0.717) is 6.04 Å². The van der Waals surface area contributed by atoms with Crippen LogP contribution in [-0.2, 0) is 0 Å². The van der Waals surface area contributed by atoms with E-state index in [1.807, 2.05) is 6.07 Å². The molecule has 0 aliphatic rings. The highest BCUT2D eigenvalue weighted by Gasteiger charge is 2.09. The van der Waals surface area contributed by atoms with Crippen LogP contribution in [0.25, 0.3) is 11.0 Å². The number of aryl methyl sites for hydroxylation is 1. The number of imidazole rings is 1. The molecule has 1 aromatic carbocycles. The fourth-order valence-electron chi connectivity index (χ4n) is 2.17. The summed E-state index contributed by atoms with van der Waals surface area (Å²) in [6.07, 6.45) is 0.926. The summed E-state index contributed by atoms with van der Waals surface area (Å²) in [4.78, 5) is 7.90. The van der Waals surface area contributed by atoms with Gasteiger partial charge in [0.25, 0.3) is 0 Å². The smallest absolute Gasteiger partial charge is 0.166 e. The summed E-state index contributed by atoms with van der Waals surface area (Å²) in [7, 11) is 0. The normalized spacial score (nSPS) is 13.2. The second-order valence-corrected chi connectivity index (χ2v) is 6.48. The van der Waals surface area contributed by atoms with Gasteiger partial charge >= 0.3 is 0 Å². The van der Waals surface area contributed by atoms with Gasteiger partial charge in [0.05, 0.1) is 17.6 Å². The van der Waals surface area contributed by atoms with Crippen molar-refractivity contribution in [1.82, 2.24) is 15.3 Å². The summed E-state index contributed by atoms with van der Waals surface area (Å²) in [5.41, 5.74) is 3.34. The van der Waals surface area contributed by atoms with Crippen molar-refractivity contribution in [2.75, 3.05) is 12.4 Å². The molecular weight excluding hydrogens is 270 g/mol. The molecule has 1 aromatic heterocycles. The third-order valence-corrected chi connectivity index (χ3v) is 4.02. The minimum absolute atomic E-state index is 0.161. The summed E-state index contributed by atoms with van der Waals surface area (Å²) in [6.45, 7) is 6.45. The molecule has 20 heavy (non-hydrogen) atoms. The van der Waals surface area contributed by atoms with Gasteiger partial charge in [0.1, 0.15) is 0 Å². The first-order valence-corrected chi connectivity index (χ1v) is 8.03. The predicted octanol–water partition coefficient (Wildman–Crippen LogP) is 2.71. The van der Waals surface area contributed by atoms with Crippen molar-refractivity contribution in [3.63, 3.8) is 0 Å². The van der Waals surface area contributed by atoms with E-state index in [9.17, 15) is 5.11 Å². The predicted molar refractivity (Wildman–Crippen MR) is 85.3 cm³/mol. The van der Waals surface area contributed by atoms with Crippen molar-refractivity contribution in [3.05, 3.63) is 23.8 Å². The summed E-state index contributed by atoms with van der Waals surface area (Å²) >= 11 is 1.71. The molecule has 1 unspecified atom stereocenters. The Morgan fingerprint density at radius 3 is 2.90 bits per heavy atom. The molecule has 0 spiro atoms. The average Bonchev–Trinajstić information content (AvgIpc) is 2.78. The summed E-state index contributed by atoms with van der Waals surface area (Å²) < 4.78 is 0. The number of aliphatic hydroxyl groups excluding tert-OH is 1. The lowest BCUT2D eigenvalue weighted by Gasteiger charge is -2.18. The van der Waals surface area contributed by atoms with E-state index < -0.39 is 0 Å². The van der Waals surface area contributed by atoms with E-state index >= 15 is 0 Å². The maximum Gasteiger partial charge on any atom is 0.166 e. The lowest BCUT2D eigenvalue weighted by Crippen LogP contribution is -2.37. The molecule has 3 N–H and O–H groups in total. The molecular formula is C15H23N3OS. The number of fused-ring (bicyclic) bond motifs is 1. The lowest BCUT2D eigenvalue weighted by atomic mass is 10.2. The van der Waals surface area contributed by atoms with Crippen LogP contribution in [-0.4, -0.2) is 39.5 Å². The minimum atomic E-state index is 0.161. The molecule has 0 radical (unpaired) electrons. The van der Waals surface area contributed by atoms with Crippen molar-refractivity contribution in [1.29, 1.82) is 0 Å². The molecule has 0 bridgehead atoms. The first-order valence-electron chi connectivity index (χ1n) is 7.04. The minimum Gasteiger partial charge on any atom is -0.395 e. The molecule has 0 fully saturated rings. The second-order valence-electron chi connectivity index (χ2n) is 5.40. The van der Waals surface area contributed by atoms with Crippen molar-refractivity contribution < 1.29 is 5.11 Å². The van der Waals surface area contributed by atoms with Crippen LogP contribution in [0.1, 0.15) is 25.8 Å². The maximum atomic E-state index is 9.32. The van der Waals surface area contributed by atoms with E-state index in [1.165, 1.54) is 5.56 Å². The van der Waals surface area contributed by atoms with Gasteiger partial charge in [-0.25, -0.2) is 4.98 Å². The number of hydrogen-bond acceptors (Lipinski definition) is 4. The Bertz CT molecular complexity index is 553. The van der Waals surface area contributed by atoms with Gasteiger partial charge in [-0.1, -0.05) is 31.7 Å². The van der Waals surface area contributed by atoms with Crippen molar-refractivity contribution in [2.24, 2.45) is 0 Å². The van der Waals surface area contributed by atoms with Gasteiger partial charge in [0.15, 0.2) is 5.16 Å². The van der Waals surface area contributed by atoms with Gasteiger partial charge in [-0.05, 0) is 31.0 Å². The number of H-pyrrole nitrogens is 1. The molecule has 0 aliphatic carbocycles. The van der Waals surface area contributed by atoms with Crippen LogP contribution in [0.3, 0.4) is 0 Å². The highest BCUT2D eigenvalue weighted by molar-refractivity contribution is 7.99. The molecule has 5 heteroatoms. The van der Waals surface area contributed by atoms with Gasteiger partial charge < -0.3 is 15.4 Å². The number of nitrogens with zero attached hydrogens (tertiary/aromatic N) is 1. The largest absolute Gasteiger partial charge is 0.395 e. The van der Waals surface area contributed by atoms with E-state index in [4.69, 9.17) is 0 Å². The number of rotatable bonds is 7. The molecule has 0 saturated carbocycles. The number of aromatic nitrogens is 2. The molecule has 110 valence electrons. The number of thioether (sulfide) groups is 1. The highest BCUT2D eigenvalue weighted by atomic mass is 32.2. The molecule has 2 aromatic rings. The zero-order chi connectivity index (χ0) is 14.5. The Kier molecular flexibility index (Phi) is 5.46. The zero-order valence-electron chi connectivity index (χ0n) is 12.3. The standard InChI is InChI=1S/C15H23N3OS/c1-10(2)16-12(9-19)6-7-20-15-17-13-5-4-11(3)8-14(13)18-15/h4-5,8,10,12,16,19H,6-7,9H2,1-3H3,(H,17,18). The average molecular weight is 293 g/mol. The van der Waals surface area contributed by atoms with Crippen LogP contribution in [0.15, 0.2) is 23.4 Å². The maximum absolute atomic E-state index is 9.32. The molecule has 0 aliphatic heterocycles. The van der Waals surface area contributed by atoms with Gasteiger partial charge in [0.2, 0.25) is 0 Å². The number of benzene rings is 1. The summed E-state index contributed by atoms with van der Waals surface area (Å²) in [5, 5.41) is 13.6. The van der Waals surface area contributed by atoms with Crippen LogP contribution in [0.5, 0.6) is 0 Å². The number of aliphatic hydroxyl groups is 1. The van der Waals surface area contributed by atoms with Gasteiger partial charge in [-0.2, -0.15) is 0 Å².